The molecule has 0 unspecified atom stereocenters. The van der Waals surface area contributed by atoms with Crippen molar-refractivity contribution in [1.82, 2.24) is 19.4 Å². The van der Waals surface area contributed by atoms with Gasteiger partial charge in [-0.05, 0) is 44.2 Å². The van der Waals surface area contributed by atoms with E-state index in [9.17, 15) is 14.7 Å². The number of hydrogen-bond donors (Lipinski definition) is 1. The lowest BCUT2D eigenvalue weighted by molar-refractivity contribution is -0.146. The Balaban J connectivity index is 1.30. The van der Waals surface area contributed by atoms with Crippen LogP contribution in [0.5, 0.6) is 0 Å². The van der Waals surface area contributed by atoms with E-state index in [1.807, 2.05) is 29.4 Å². The summed E-state index contributed by atoms with van der Waals surface area (Å²) in [5.74, 6) is 0.128. The molecule has 0 saturated carbocycles. The van der Waals surface area contributed by atoms with E-state index < -0.39 is 5.60 Å². The molecule has 2 aromatic rings. The minimum atomic E-state index is -0.826. The molecule has 3 aliphatic rings. The van der Waals surface area contributed by atoms with Crippen LogP contribution in [0.15, 0.2) is 30.7 Å². The van der Waals surface area contributed by atoms with Crippen molar-refractivity contribution in [3.63, 3.8) is 0 Å². The number of piperidine rings is 1. The minimum Gasteiger partial charge on any atom is -0.388 e. The van der Waals surface area contributed by atoms with Crippen LogP contribution in [0.25, 0.3) is 10.9 Å². The lowest BCUT2D eigenvalue weighted by Crippen LogP contribution is -2.56. The summed E-state index contributed by atoms with van der Waals surface area (Å²) < 4.78 is 2.07. The van der Waals surface area contributed by atoms with E-state index in [1.54, 1.807) is 11.1 Å². The molecule has 7 nitrogen and oxygen atoms in total. The van der Waals surface area contributed by atoms with Gasteiger partial charge in [0.25, 0.3) is 0 Å². The normalized spacial score (nSPS) is 29.8. The van der Waals surface area contributed by atoms with Gasteiger partial charge in [-0.3, -0.25) is 14.6 Å². The lowest BCUT2D eigenvalue weighted by atomic mass is 9.85. The van der Waals surface area contributed by atoms with E-state index in [0.717, 1.165) is 30.2 Å². The Morgan fingerprint density at radius 1 is 1.25 bits per heavy atom. The Morgan fingerprint density at radius 3 is 2.75 bits per heavy atom. The fourth-order valence-corrected chi connectivity index (χ4v) is 5.46. The average Bonchev–Trinajstić information content (AvgIpc) is 3.33. The maximum atomic E-state index is 12.9. The number of fused-ring (bicyclic) bond motifs is 3. The first-order valence-electron chi connectivity index (χ1n) is 10.2. The molecule has 2 aromatic heterocycles. The Morgan fingerprint density at radius 2 is 2.04 bits per heavy atom. The number of pyridine rings is 1. The Hall–Kier alpha value is -2.41. The van der Waals surface area contributed by atoms with Gasteiger partial charge in [0.2, 0.25) is 11.8 Å². The van der Waals surface area contributed by atoms with Gasteiger partial charge in [-0.15, -0.1) is 0 Å². The van der Waals surface area contributed by atoms with Crippen molar-refractivity contribution in [2.45, 2.75) is 62.8 Å². The van der Waals surface area contributed by atoms with Gasteiger partial charge in [-0.25, -0.2) is 0 Å². The SMILES string of the molecule is O=C1CCCN1CC(=O)N1[C@H]2CC[C@H]1CC(O)(Cn1ccc3ccncc31)C2. The summed E-state index contributed by atoms with van der Waals surface area (Å²) >= 11 is 0. The van der Waals surface area contributed by atoms with Crippen LogP contribution in [0, 0.1) is 0 Å². The summed E-state index contributed by atoms with van der Waals surface area (Å²) in [5, 5.41) is 12.5. The highest BCUT2D eigenvalue weighted by Gasteiger charge is 2.49. The largest absolute Gasteiger partial charge is 0.388 e. The molecule has 28 heavy (non-hydrogen) atoms. The number of hydrogen-bond acceptors (Lipinski definition) is 4. The number of rotatable bonds is 4. The van der Waals surface area contributed by atoms with Crippen molar-refractivity contribution >= 4 is 22.7 Å². The quantitative estimate of drug-likeness (QED) is 0.870. The van der Waals surface area contributed by atoms with Gasteiger partial charge >= 0.3 is 0 Å². The third-order valence-electron chi connectivity index (χ3n) is 6.68. The number of carbonyl (C=O) groups is 2. The number of aliphatic hydroxyl groups is 1. The number of carbonyl (C=O) groups excluding carboxylic acids is 2. The second-order valence-electron chi connectivity index (χ2n) is 8.62. The fraction of sp³-hybridized carbons (Fsp3) is 0.571. The molecule has 3 saturated heterocycles. The molecule has 1 N–H and O–H groups in total. The zero-order valence-corrected chi connectivity index (χ0v) is 16.0. The van der Waals surface area contributed by atoms with Gasteiger partial charge in [0.05, 0.1) is 30.4 Å². The van der Waals surface area contributed by atoms with Gasteiger partial charge in [0.1, 0.15) is 0 Å². The Bertz CT molecular complexity index is 909. The number of likely N-dealkylation sites (tertiary alicyclic amines) is 1. The second kappa shape index (κ2) is 6.58. The van der Waals surface area contributed by atoms with Crippen LogP contribution in [0.1, 0.15) is 38.5 Å². The highest BCUT2D eigenvalue weighted by Crippen LogP contribution is 2.42. The number of nitrogens with zero attached hydrogens (tertiary/aromatic N) is 4. The van der Waals surface area contributed by atoms with E-state index in [4.69, 9.17) is 0 Å². The predicted octanol–water partition coefficient (Wildman–Crippen LogP) is 1.54. The first-order valence-corrected chi connectivity index (χ1v) is 10.2. The van der Waals surface area contributed by atoms with Crippen molar-refractivity contribution in [3.05, 3.63) is 30.7 Å². The molecule has 2 amide bonds. The third kappa shape index (κ3) is 2.98. The monoisotopic (exact) mass is 382 g/mol. The van der Waals surface area contributed by atoms with E-state index in [1.165, 1.54) is 0 Å². The smallest absolute Gasteiger partial charge is 0.242 e. The second-order valence-corrected chi connectivity index (χ2v) is 8.62. The van der Waals surface area contributed by atoms with Crippen molar-refractivity contribution in [3.8, 4) is 0 Å². The molecule has 5 rings (SSSR count). The van der Waals surface area contributed by atoms with Gasteiger partial charge in [0.15, 0.2) is 0 Å². The maximum Gasteiger partial charge on any atom is 0.242 e. The van der Waals surface area contributed by atoms with Crippen LogP contribution in [-0.2, 0) is 16.1 Å². The van der Waals surface area contributed by atoms with Gasteiger partial charge in [-0.1, -0.05) is 0 Å². The molecule has 3 aliphatic heterocycles. The van der Waals surface area contributed by atoms with Crippen molar-refractivity contribution in [2.24, 2.45) is 0 Å². The topological polar surface area (TPSA) is 78.7 Å². The Labute approximate surface area is 163 Å². The fourth-order valence-electron chi connectivity index (χ4n) is 5.46. The molecule has 0 aromatic carbocycles. The molecular formula is C21H26N4O3. The van der Waals surface area contributed by atoms with Crippen LogP contribution < -0.4 is 0 Å². The number of amides is 2. The summed E-state index contributed by atoms with van der Waals surface area (Å²) in [5.41, 5.74) is 0.197. The molecule has 2 bridgehead atoms. The molecule has 0 aliphatic carbocycles. The highest BCUT2D eigenvalue weighted by molar-refractivity contribution is 5.86. The van der Waals surface area contributed by atoms with Crippen LogP contribution in [-0.4, -0.2) is 67.0 Å². The van der Waals surface area contributed by atoms with Crippen LogP contribution >= 0.6 is 0 Å². The summed E-state index contributed by atoms with van der Waals surface area (Å²) in [6.07, 6.45) is 10.0. The van der Waals surface area contributed by atoms with Crippen molar-refractivity contribution < 1.29 is 14.7 Å². The zero-order chi connectivity index (χ0) is 19.3. The predicted molar refractivity (Wildman–Crippen MR) is 103 cm³/mol. The molecule has 5 heterocycles. The molecule has 148 valence electrons. The molecule has 0 spiro atoms. The average molecular weight is 382 g/mol. The number of aromatic nitrogens is 2. The van der Waals surface area contributed by atoms with E-state index in [0.29, 0.717) is 32.4 Å². The first kappa shape index (κ1) is 17.7. The van der Waals surface area contributed by atoms with Gasteiger partial charge in [-0.2, -0.15) is 0 Å². The van der Waals surface area contributed by atoms with Crippen LogP contribution in [0.4, 0.5) is 0 Å². The summed E-state index contributed by atoms with van der Waals surface area (Å²) in [4.78, 5) is 32.6. The third-order valence-corrected chi connectivity index (χ3v) is 6.68. The van der Waals surface area contributed by atoms with Gasteiger partial charge in [0, 0.05) is 42.8 Å². The van der Waals surface area contributed by atoms with Crippen LogP contribution in [0.2, 0.25) is 0 Å². The lowest BCUT2D eigenvalue weighted by Gasteiger charge is -2.44. The van der Waals surface area contributed by atoms with Crippen LogP contribution in [0.3, 0.4) is 0 Å². The Kier molecular flexibility index (Phi) is 4.16. The maximum absolute atomic E-state index is 12.9. The minimum absolute atomic E-state index is 0.0420. The van der Waals surface area contributed by atoms with Crippen molar-refractivity contribution in [2.75, 3.05) is 13.1 Å². The standard InChI is InChI=1S/C21H26N4O3/c26-19-2-1-8-23(19)13-20(27)25-16-3-4-17(25)11-21(28,10-16)14-24-9-6-15-5-7-22-12-18(15)24/h5-7,9,12,16-17,28H,1-4,8,10-11,13-14H2/t16-,17-/m0/s1. The van der Waals surface area contributed by atoms with E-state index in [-0.39, 0.29) is 30.4 Å². The summed E-state index contributed by atoms with van der Waals surface area (Å²) in [7, 11) is 0. The highest BCUT2D eigenvalue weighted by atomic mass is 16.3. The van der Waals surface area contributed by atoms with E-state index >= 15 is 0 Å². The molecule has 0 radical (unpaired) electrons. The van der Waals surface area contributed by atoms with Gasteiger partial charge < -0.3 is 19.5 Å². The van der Waals surface area contributed by atoms with E-state index in [2.05, 4.69) is 9.55 Å². The molecule has 3 fully saturated rings. The molecular weight excluding hydrogens is 356 g/mol. The summed E-state index contributed by atoms with van der Waals surface area (Å²) in [6, 6.07) is 4.14. The zero-order valence-electron chi connectivity index (χ0n) is 16.0. The molecule has 7 heteroatoms. The van der Waals surface area contributed by atoms with Crippen molar-refractivity contribution in [1.29, 1.82) is 0 Å². The molecule has 2 atom stereocenters. The summed E-state index contributed by atoms with van der Waals surface area (Å²) in [6.45, 7) is 1.40. The first-order chi connectivity index (χ1) is 13.5.